The number of hydrogen-bond acceptors (Lipinski definition) is 11. The van der Waals surface area contributed by atoms with E-state index in [1.807, 2.05) is 6.92 Å². The number of cyclic esters (lactones) is 1. The van der Waals surface area contributed by atoms with Crippen LogP contribution in [0.15, 0.2) is 23.3 Å². The van der Waals surface area contributed by atoms with E-state index in [9.17, 15) is 24.6 Å². The number of esters is 1. The first-order valence-electron chi connectivity index (χ1n) is 20.9. The Morgan fingerprint density at radius 1 is 0.964 bits per heavy atom. The molecule has 5 rings (SSSR count). The van der Waals surface area contributed by atoms with Crippen LogP contribution < -0.4 is 0 Å². The van der Waals surface area contributed by atoms with Gasteiger partial charge in [-0.25, -0.2) is 4.79 Å². The molecule has 55 heavy (non-hydrogen) atoms. The van der Waals surface area contributed by atoms with Crippen LogP contribution in [0.2, 0.25) is 0 Å². The van der Waals surface area contributed by atoms with Crippen LogP contribution >= 0.6 is 0 Å². The predicted molar refractivity (Wildman–Crippen MR) is 206 cm³/mol. The van der Waals surface area contributed by atoms with Gasteiger partial charge in [-0.3, -0.25) is 9.59 Å². The average molecular weight is 776 g/mol. The van der Waals surface area contributed by atoms with Crippen molar-refractivity contribution in [2.45, 2.75) is 173 Å². The summed E-state index contributed by atoms with van der Waals surface area (Å²) in [6.07, 6.45) is 7.86. The molecule has 0 radical (unpaired) electrons. The third-order valence-electron chi connectivity index (χ3n) is 13.4. The van der Waals surface area contributed by atoms with Gasteiger partial charge in [0, 0.05) is 39.7 Å². The molecule has 0 aromatic carbocycles. The summed E-state index contributed by atoms with van der Waals surface area (Å²) in [5, 5.41) is 22.5. The Kier molecular flexibility index (Phi) is 15.2. The van der Waals surface area contributed by atoms with E-state index in [1.54, 1.807) is 28.3 Å². The number of nitrogens with zero attached hydrogens (tertiary/aromatic N) is 1. The maximum Gasteiger partial charge on any atom is 0.329 e. The zero-order chi connectivity index (χ0) is 40.2. The van der Waals surface area contributed by atoms with E-state index in [1.165, 1.54) is 10.5 Å². The molecule has 2 N–H and O–H groups in total. The zero-order valence-electron chi connectivity index (χ0n) is 34.7. The topological polar surface area (TPSA) is 150 Å². The summed E-state index contributed by atoms with van der Waals surface area (Å²) >= 11 is 0. The Morgan fingerprint density at radius 2 is 1.65 bits per heavy atom. The van der Waals surface area contributed by atoms with Crippen LogP contribution in [-0.4, -0.2) is 121 Å². The van der Waals surface area contributed by atoms with Crippen LogP contribution in [0.25, 0.3) is 0 Å². The molecule has 15 atom stereocenters. The maximum absolute atomic E-state index is 14.4. The third kappa shape index (κ3) is 9.75. The molecule has 4 fully saturated rings. The molecule has 4 bridgehead atoms. The van der Waals surface area contributed by atoms with Crippen molar-refractivity contribution in [1.82, 2.24) is 4.90 Å². The van der Waals surface area contributed by atoms with E-state index in [-0.39, 0.29) is 54.9 Å². The second-order valence-corrected chi connectivity index (χ2v) is 17.4. The summed E-state index contributed by atoms with van der Waals surface area (Å²) in [5.74, 6) is -5.50. The molecule has 3 unspecified atom stereocenters. The molecule has 3 saturated heterocycles. The number of ether oxygens (including phenoxy) is 6. The molecular formula is C43H69NO11. The average Bonchev–Trinajstić information content (AvgIpc) is 3.58. The van der Waals surface area contributed by atoms with Crippen molar-refractivity contribution in [2.24, 2.45) is 29.6 Å². The van der Waals surface area contributed by atoms with Crippen LogP contribution in [0.3, 0.4) is 0 Å². The van der Waals surface area contributed by atoms with Crippen LogP contribution in [-0.2, 0) is 42.8 Å². The molecule has 0 aromatic heterocycles. The standard InChI is InChI=1S/C43H69NO11/c1-10-30-23-33-28(6)38(26(4)20-29-14-15-32(45)35(22-29)50-7)54-42(48)31-13-11-12-16-44(31)41(47)40(46)43(49)27(5)21-37(52-9)39(55-43)36(51-8)19-25(3)17-24(2)18-34(30)53-33/h18,20,25,27-39,45,49H,10-17,19,21-23H2,1-9H3/b24-18+,26-20+/t25-,27+,28+,29-,30?,31-,32+,33-,34?,35+,36?,37-,38+,39+,43+/m0/s1. The second-order valence-electron chi connectivity index (χ2n) is 17.4. The molecule has 12 heteroatoms. The highest BCUT2D eigenvalue weighted by Crippen LogP contribution is 2.41. The van der Waals surface area contributed by atoms with Crippen molar-refractivity contribution in [3.63, 3.8) is 0 Å². The molecule has 12 nitrogen and oxygen atoms in total. The first-order chi connectivity index (χ1) is 26.1. The summed E-state index contributed by atoms with van der Waals surface area (Å²) in [7, 11) is 4.78. The molecule has 1 saturated carbocycles. The SMILES string of the molecule is CCC1C[C@@H]2OC1/C=C(\C)C[C@H](C)CC(OC)[C@H]1O[C@@](O)(C(=O)C(=O)N3CCCC[C@H]3C(=O)O[C@H](/C(C)=C/[C@@H]3CC[C@@H](O)[C@H](OC)C3)[C@@H]2C)[C@H](C)C[C@@H]1OC. The fourth-order valence-corrected chi connectivity index (χ4v) is 10.1. The van der Waals surface area contributed by atoms with Crippen LogP contribution in [0.1, 0.15) is 112 Å². The Labute approximate surface area is 328 Å². The van der Waals surface area contributed by atoms with Crippen molar-refractivity contribution in [1.29, 1.82) is 0 Å². The molecular weight excluding hydrogens is 706 g/mol. The van der Waals surface area contributed by atoms with Crippen molar-refractivity contribution < 1.29 is 53.0 Å². The van der Waals surface area contributed by atoms with E-state index >= 15 is 0 Å². The minimum absolute atomic E-state index is 0.0927. The van der Waals surface area contributed by atoms with Gasteiger partial charge in [-0.05, 0) is 101 Å². The highest BCUT2D eigenvalue weighted by Gasteiger charge is 2.56. The maximum atomic E-state index is 14.4. The second kappa shape index (κ2) is 19.0. The van der Waals surface area contributed by atoms with Gasteiger partial charge in [0.15, 0.2) is 0 Å². The first kappa shape index (κ1) is 43.9. The number of piperidine rings is 1. The number of aliphatic hydroxyl groups excluding tert-OH is 1. The lowest BCUT2D eigenvalue weighted by Gasteiger charge is -2.47. The molecule has 1 aliphatic carbocycles. The quantitative estimate of drug-likeness (QED) is 0.205. The fourth-order valence-electron chi connectivity index (χ4n) is 10.1. The lowest BCUT2D eigenvalue weighted by molar-refractivity contribution is -0.302. The minimum Gasteiger partial charge on any atom is -0.456 e. The number of fused-ring (bicyclic) bond motifs is 5. The van der Waals surface area contributed by atoms with Crippen LogP contribution in [0.5, 0.6) is 0 Å². The Morgan fingerprint density at radius 3 is 2.33 bits per heavy atom. The largest absolute Gasteiger partial charge is 0.456 e. The van der Waals surface area contributed by atoms with Crippen molar-refractivity contribution in [2.75, 3.05) is 27.9 Å². The summed E-state index contributed by atoms with van der Waals surface area (Å²) in [5.41, 5.74) is 2.07. The summed E-state index contributed by atoms with van der Waals surface area (Å²) in [6.45, 7) is 12.4. The number of ketones is 1. The number of carbonyl (C=O) groups is 3. The third-order valence-corrected chi connectivity index (χ3v) is 13.4. The Bertz CT molecular complexity index is 1400. The van der Waals surface area contributed by atoms with Crippen LogP contribution in [0.4, 0.5) is 0 Å². The molecule has 4 heterocycles. The minimum atomic E-state index is -2.44. The molecule has 0 aromatic rings. The lowest BCUT2D eigenvalue weighted by atomic mass is 9.82. The fraction of sp³-hybridized carbons (Fsp3) is 0.837. The molecule has 312 valence electrons. The van der Waals surface area contributed by atoms with Crippen molar-refractivity contribution in [3.8, 4) is 0 Å². The van der Waals surface area contributed by atoms with Gasteiger partial charge < -0.3 is 43.5 Å². The van der Waals surface area contributed by atoms with E-state index in [4.69, 9.17) is 28.4 Å². The summed E-state index contributed by atoms with van der Waals surface area (Å²) in [4.78, 5) is 44.2. The highest BCUT2D eigenvalue weighted by molar-refractivity contribution is 6.39. The first-order valence-corrected chi connectivity index (χ1v) is 20.9. The number of carbonyl (C=O) groups excluding carboxylic acids is 3. The number of amides is 1. The van der Waals surface area contributed by atoms with E-state index in [2.05, 4.69) is 39.8 Å². The van der Waals surface area contributed by atoms with E-state index < -0.39 is 65.9 Å². The Hall–Kier alpha value is -2.19. The van der Waals surface area contributed by atoms with Gasteiger partial charge in [0.25, 0.3) is 11.7 Å². The van der Waals surface area contributed by atoms with Crippen LogP contribution in [0, 0.1) is 29.6 Å². The summed E-state index contributed by atoms with van der Waals surface area (Å²) in [6, 6.07) is -1.01. The van der Waals surface area contributed by atoms with Crippen molar-refractivity contribution in [3.05, 3.63) is 23.3 Å². The number of Topliss-reactive ketones (excluding diaryl/α,β-unsaturated/α-hetero) is 1. The summed E-state index contributed by atoms with van der Waals surface area (Å²) < 4.78 is 37.0. The van der Waals surface area contributed by atoms with E-state index in [0.29, 0.717) is 38.5 Å². The molecule has 4 aliphatic heterocycles. The lowest BCUT2D eigenvalue weighted by Crippen LogP contribution is -2.64. The number of aliphatic hydroxyl groups is 2. The normalized spacial score (nSPS) is 44.0. The van der Waals surface area contributed by atoms with Gasteiger partial charge in [0.05, 0.1) is 36.6 Å². The molecule has 1 amide bonds. The van der Waals surface area contributed by atoms with Gasteiger partial charge in [-0.2, -0.15) is 0 Å². The smallest absolute Gasteiger partial charge is 0.329 e. The van der Waals surface area contributed by atoms with E-state index in [0.717, 1.165) is 31.3 Å². The zero-order valence-corrected chi connectivity index (χ0v) is 34.7. The number of rotatable bonds is 6. The molecule has 5 aliphatic rings. The van der Waals surface area contributed by atoms with Gasteiger partial charge in [-0.1, -0.05) is 51.8 Å². The van der Waals surface area contributed by atoms with Gasteiger partial charge in [0.1, 0.15) is 18.2 Å². The monoisotopic (exact) mass is 775 g/mol. The van der Waals surface area contributed by atoms with Crippen molar-refractivity contribution >= 4 is 17.7 Å². The van der Waals surface area contributed by atoms with Gasteiger partial charge in [0.2, 0.25) is 5.79 Å². The highest BCUT2D eigenvalue weighted by atomic mass is 16.7. The number of methoxy groups -OCH3 is 3. The predicted octanol–water partition coefficient (Wildman–Crippen LogP) is 5.31. The number of hydrogen-bond donors (Lipinski definition) is 2. The molecule has 0 spiro atoms. The number of allylic oxidation sites excluding steroid dienone is 2. The van der Waals surface area contributed by atoms with Gasteiger partial charge >= 0.3 is 5.97 Å². The Balaban J connectivity index is 1.54. The van der Waals surface area contributed by atoms with Gasteiger partial charge in [-0.15, -0.1) is 0 Å².